The van der Waals surface area contributed by atoms with Crippen LogP contribution in [0.1, 0.15) is 23.7 Å². The SMILES string of the molecule is CCCOC(=O)c1ccc(NS(=O)(=O)CC#N)cc1. The van der Waals surface area contributed by atoms with Crippen LogP contribution in [-0.2, 0) is 14.8 Å². The molecule has 0 saturated carbocycles. The van der Waals surface area contributed by atoms with Crippen LogP contribution in [0.15, 0.2) is 24.3 Å². The largest absolute Gasteiger partial charge is 0.462 e. The number of esters is 1. The first kappa shape index (κ1) is 15.0. The van der Waals surface area contributed by atoms with E-state index in [9.17, 15) is 13.2 Å². The number of sulfonamides is 1. The van der Waals surface area contributed by atoms with Crippen molar-refractivity contribution in [1.29, 1.82) is 5.26 Å². The van der Waals surface area contributed by atoms with Gasteiger partial charge in [0, 0.05) is 5.69 Å². The summed E-state index contributed by atoms with van der Waals surface area (Å²) in [6, 6.07) is 7.36. The molecule has 0 aliphatic heterocycles. The van der Waals surface area contributed by atoms with E-state index in [0.717, 1.165) is 6.42 Å². The lowest BCUT2D eigenvalue weighted by atomic mass is 10.2. The van der Waals surface area contributed by atoms with E-state index in [4.69, 9.17) is 10.00 Å². The molecule has 1 N–H and O–H groups in total. The highest BCUT2D eigenvalue weighted by Gasteiger charge is 2.11. The predicted octanol–water partition coefficient (Wildman–Crippen LogP) is 1.52. The van der Waals surface area contributed by atoms with E-state index in [0.29, 0.717) is 17.9 Å². The standard InChI is InChI=1S/C12H14N2O4S/c1-2-8-18-12(15)10-3-5-11(6-4-10)14-19(16,17)9-7-13/h3-6,14H,2,8-9H2,1H3. The summed E-state index contributed by atoms with van der Waals surface area (Å²) in [7, 11) is -3.66. The Morgan fingerprint density at radius 1 is 1.37 bits per heavy atom. The van der Waals surface area contributed by atoms with Crippen molar-refractivity contribution >= 4 is 21.7 Å². The summed E-state index contributed by atoms with van der Waals surface area (Å²) < 4.78 is 29.8. The normalized spacial score (nSPS) is 10.5. The van der Waals surface area contributed by atoms with Gasteiger partial charge in [0.25, 0.3) is 0 Å². The lowest BCUT2D eigenvalue weighted by molar-refractivity contribution is 0.0505. The van der Waals surface area contributed by atoms with E-state index >= 15 is 0 Å². The van der Waals surface area contributed by atoms with Gasteiger partial charge in [-0.15, -0.1) is 0 Å². The molecule has 0 aliphatic carbocycles. The molecule has 1 aromatic carbocycles. The Morgan fingerprint density at radius 3 is 2.53 bits per heavy atom. The highest BCUT2D eigenvalue weighted by Crippen LogP contribution is 2.12. The molecule has 0 heterocycles. The van der Waals surface area contributed by atoms with Crippen molar-refractivity contribution in [3.8, 4) is 6.07 Å². The summed E-state index contributed by atoms with van der Waals surface area (Å²) >= 11 is 0. The van der Waals surface area contributed by atoms with Gasteiger partial charge in [0.2, 0.25) is 10.0 Å². The van der Waals surface area contributed by atoms with E-state index in [-0.39, 0.29) is 0 Å². The molecule has 1 aromatic rings. The number of anilines is 1. The molecular formula is C12H14N2O4S. The predicted molar refractivity (Wildman–Crippen MR) is 70.0 cm³/mol. The number of carbonyl (C=O) groups is 1. The van der Waals surface area contributed by atoms with E-state index in [1.165, 1.54) is 24.3 Å². The maximum Gasteiger partial charge on any atom is 0.338 e. The highest BCUT2D eigenvalue weighted by atomic mass is 32.2. The van der Waals surface area contributed by atoms with Crippen molar-refractivity contribution in [3.63, 3.8) is 0 Å². The molecular weight excluding hydrogens is 268 g/mol. The van der Waals surface area contributed by atoms with Crippen LogP contribution in [0.4, 0.5) is 5.69 Å². The van der Waals surface area contributed by atoms with Gasteiger partial charge in [-0.3, -0.25) is 4.72 Å². The number of hydrogen-bond acceptors (Lipinski definition) is 5. The summed E-state index contributed by atoms with van der Waals surface area (Å²) in [5.41, 5.74) is 0.638. The minimum absolute atomic E-state index is 0.294. The van der Waals surface area contributed by atoms with Crippen molar-refractivity contribution < 1.29 is 17.9 Å². The van der Waals surface area contributed by atoms with E-state index in [1.807, 2.05) is 6.92 Å². The Balaban J connectivity index is 2.72. The first-order chi connectivity index (χ1) is 8.98. The fourth-order valence-corrected chi connectivity index (χ4v) is 1.99. The first-order valence-electron chi connectivity index (χ1n) is 5.63. The van der Waals surface area contributed by atoms with Crippen molar-refractivity contribution in [1.82, 2.24) is 0 Å². The van der Waals surface area contributed by atoms with Crippen molar-refractivity contribution in [2.45, 2.75) is 13.3 Å². The first-order valence-corrected chi connectivity index (χ1v) is 7.28. The van der Waals surface area contributed by atoms with Gasteiger partial charge in [-0.2, -0.15) is 5.26 Å². The summed E-state index contributed by atoms with van der Waals surface area (Å²) in [5.74, 6) is -1.07. The van der Waals surface area contributed by atoms with Gasteiger partial charge in [-0.05, 0) is 30.7 Å². The summed E-state index contributed by atoms with van der Waals surface area (Å²) in [4.78, 5) is 11.5. The number of carbonyl (C=O) groups excluding carboxylic acids is 1. The monoisotopic (exact) mass is 282 g/mol. The van der Waals surface area contributed by atoms with Crippen molar-refractivity contribution in [2.24, 2.45) is 0 Å². The van der Waals surface area contributed by atoms with Crippen LogP contribution < -0.4 is 4.72 Å². The lowest BCUT2D eigenvalue weighted by Crippen LogP contribution is -2.15. The lowest BCUT2D eigenvalue weighted by Gasteiger charge is -2.06. The maximum atomic E-state index is 11.5. The Kier molecular flexibility index (Phi) is 5.33. The van der Waals surface area contributed by atoms with Gasteiger partial charge in [0.05, 0.1) is 18.2 Å². The number of rotatable bonds is 6. The molecule has 0 bridgehead atoms. The highest BCUT2D eigenvalue weighted by molar-refractivity contribution is 7.92. The third-order valence-electron chi connectivity index (χ3n) is 2.09. The molecule has 0 saturated heterocycles. The van der Waals surface area contributed by atoms with Gasteiger partial charge in [-0.1, -0.05) is 6.92 Å². The van der Waals surface area contributed by atoms with Crippen LogP contribution in [0.2, 0.25) is 0 Å². The molecule has 0 unspecified atom stereocenters. The smallest absolute Gasteiger partial charge is 0.338 e. The zero-order chi connectivity index (χ0) is 14.3. The molecule has 0 radical (unpaired) electrons. The second-order valence-corrected chi connectivity index (χ2v) is 5.45. The van der Waals surface area contributed by atoms with Crippen LogP contribution in [0, 0.1) is 11.3 Å². The number of nitrogens with one attached hydrogen (secondary N) is 1. The third kappa shape index (κ3) is 4.97. The molecule has 102 valence electrons. The topological polar surface area (TPSA) is 96.3 Å². The minimum atomic E-state index is -3.66. The number of nitrogens with zero attached hydrogens (tertiary/aromatic N) is 1. The van der Waals surface area contributed by atoms with Gasteiger partial charge in [0.1, 0.15) is 0 Å². The second-order valence-electron chi connectivity index (χ2n) is 3.73. The molecule has 0 aliphatic rings. The number of nitriles is 1. The summed E-state index contributed by atoms with van der Waals surface area (Å²) in [6.45, 7) is 2.23. The minimum Gasteiger partial charge on any atom is -0.462 e. The van der Waals surface area contributed by atoms with Crippen LogP contribution in [0.3, 0.4) is 0 Å². The third-order valence-corrected chi connectivity index (χ3v) is 3.14. The van der Waals surface area contributed by atoms with E-state index in [2.05, 4.69) is 4.72 Å². The molecule has 7 heteroatoms. The number of benzene rings is 1. The van der Waals surface area contributed by atoms with Crippen LogP contribution >= 0.6 is 0 Å². The Bertz CT molecular complexity index is 573. The molecule has 0 amide bonds. The summed E-state index contributed by atoms with van der Waals surface area (Å²) in [6.07, 6.45) is 0.734. The van der Waals surface area contributed by atoms with Gasteiger partial charge in [-0.25, -0.2) is 13.2 Å². The Morgan fingerprint density at radius 2 is 2.00 bits per heavy atom. The van der Waals surface area contributed by atoms with E-state index < -0.39 is 21.7 Å². The van der Waals surface area contributed by atoms with Crippen LogP contribution in [-0.4, -0.2) is 26.7 Å². The zero-order valence-corrected chi connectivity index (χ0v) is 11.2. The van der Waals surface area contributed by atoms with Crippen LogP contribution in [0.25, 0.3) is 0 Å². The van der Waals surface area contributed by atoms with Gasteiger partial charge < -0.3 is 4.74 Å². The van der Waals surface area contributed by atoms with Crippen molar-refractivity contribution in [3.05, 3.63) is 29.8 Å². The molecule has 6 nitrogen and oxygen atoms in total. The zero-order valence-electron chi connectivity index (χ0n) is 10.4. The molecule has 0 spiro atoms. The molecule has 1 rings (SSSR count). The maximum absolute atomic E-state index is 11.5. The average Bonchev–Trinajstić information content (AvgIpc) is 2.36. The molecule has 0 aromatic heterocycles. The average molecular weight is 282 g/mol. The number of ether oxygens (including phenoxy) is 1. The van der Waals surface area contributed by atoms with E-state index in [1.54, 1.807) is 6.07 Å². The van der Waals surface area contributed by atoms with Crippen molar-refractivity contribution in [2.75, 3.05) is 17.1 Å². The fourth-order valence-electron chi connectivity index (χ4n) is 1.25. The van der Waals surface area contributed by atoms with Gasteiger partial charge in [0.15, 0.2) is 5.75 Å². The number of hydrogen-bond donors (Lipinski definition) is 1. The molecule has 19 heavy (non-hydrogen) atoms. The quantitative estimate of drug-likeness (QED) is 0.798. The Hall–Kier alpha value is -2.07. The molecule has 0 atom stereocenters. The second kappa shape index (κ2) is 6.75. The molecule has 0 fully saturated rings. The Labute approximate surface area is 112 Å². The van der Waals surface area contributed by atoms with Gasteiger partial charge >= 0.3 is 5.97 Å². The fraction of sp³-hybridized carbons (Fsp3) is 0.333. The summed E-state index contributed by atoms with van der Waals surface area (Å²) in [5, 5.41) is 8.35. The van der Waals surface area contributed by atoms with Crippen LogP contribution in [0.5, 0.6) is 0 Å².